The van der Waals surface area contributed by atoms with Crippen molar-refractivity contribution >= 4 is 22.7 Å². The topological polar surface area (TPSA) is 28.6 Å². The van der Waals surface area contributed by atoms with Crippen LogP contribution in [0.1, 0.15) is 16.3 Å². The highest BCUT2D eigenvalue weighted by Crippen LogP contribution is 2.26. The summed E-state index contributed by atoms with van der Waals surface area (Å²) in [6.07, 6.45) is 0.354. The summed E-state index contributed by atoms with van der Waals surface area (Å²) in [6, 6.07) is 2.73. The van der Waals surface area contributed by atoms with Gasteiger partial charge in [0.15, 0.2) is 0 Å². The lowest BCUT2D eigenvalue weighted by atomic mass is 10.1. The second kappa shape index (κ2) is 6.37. The first-order valence-electron chi connectivity index (χ1n) is 7.78. The molecule has 2 aliphatic heterocycles. The van der Waals surface area contributed by atoms with Crippen molar-refractivity contribution in [2.75, 3.05) is 26.2 Å². The van der Waals surface area contributed by atoms with Crippen LogP contribution < -0.4 is 0 Å². The number of rotatable bonds is 4. The van der Waals surface area contributed by atoms with Crippen LogP contribution in [0.4, 0.5) is 0 Å². The molecule has 6 heteroatoms. The SMILES string of the molecule is Cc1nc(CN2CCO[C@H]3CN(Cc4ccsc4)C[C@H]32)cs1. The van der Waals surface area contributed by atoms with Crippen molar-refractivity contribution in [1.82, 2.24) is 14.8 Å². The minimum absolute atomic E-state index is 0.354. The Morgan fingerprint density at radius 3 is 3.05 bits per heavy atom. The molecule has 2 aromatic rings. The monoisotopic (exact) mass is 335 g/mol. The van der Waals surface area contributed by atoms with Crippen LogP contribution in [0.5, 0.6) is 0 Å². The van der Waals surface area contributed by atoms with Crippen LogP contribution in [0.25, 0.3) is 0 Å². The smallest absolute Gasteiger partial charge is 0.0897 e. The van der Waals surface area contributed by atoms with Crippen molar-refractivity contribution in [3.63, 3.8) is 0 Å². The molecule has 4 heterocycles. The highest BCUT2D eigenvalue weighted by molar-refractivity contribution is 7.09. The van der Waals surface area contributed by atoms with Crippen molar-refractivity contribution in [2.45, 2.75) is 32.2 Å². The molecule has 0 spiro atoms. The van der Waals surface area contributed by atoms with Gasteiger partial charge in [-0.15, -0.1) is 11.3 Å². The number of thiazole rings is 1. The molecule has 0 N–H and O–H groups in total. The molecule has 4 rings (SSSR count). The normalized spacial score (nSPS) is 26.4. The van der Waals surface area contributed by atoms with E-state index in [4.69, 9.17) is 4.74 Å². The largest absolute Gasteiger partial charge is 0.374 e. The average Bonchev–Trinajstić information content (AvgIpc) is 3.21. The Balaban J connectivity index is 1.42. The summed E-state index contributed by atoms with van der Waals surface area (Å²) in [5.74, 6) is 0. The van der Waals surface area contributed by atoms with Gasteiger partial charge in [0.05, 0.1) is 29.5 Å². The zero-order valence-corrected chi connectivity index (χ0v) is 14.4. The molecule has 2 aliphatic rings. The van der Waals surface area contributed by atoms with Crippen molar-refractivity contribution in [2.24, 2.45) is 0 Å². The molecule has 0 unspecified atom stereocenters. The number of hydrogen-bond donors (Lipinski definition) is 0. The lowest BCUT2D eigenvalue weighted by Gasteiger charge is -2.36. The van der Waals surface area contributed by atoms with Gasteiger partial charge in [0, 0.05) is 38.1 Å². The first-order valence-corrected chi connectivity index (χ1v) is 9.60. The zero-order valence-electron chi connectivity index (χ0n) is 12.8. The predicted octanol–water partition coefficient (Wildman–Crippen LogP) is 2.60. The van der Waals surface area contributed by atoms with E-state index >= 15 is 0 Å². The van der Waals surface area contributed by atoms with Gasteiger partial charge in [-0.05, 0) is 29.3 Å². The predicted molar refractivity (Wildman–Crippen MR) is 90.4 cm³/mol. The van der Waals surface area contributed by atoms with Gasteiger partial charge in [-0.2, -0.15) is 11.3 Å². The lowest BCUT2D eigenvalue weighted by Crippen LogP contribution is -2.50. The molecule has 0 aliphatic carbocycles. The first-order chi connectivity index (χ1) is 10.8. The Kier molecular flexibility index (Phi) is 4.28. The molecule has 0 saturated carbocycles. The summed E-state index contributed by atoms with van der Waals surface area (Å²) in [5.41, 5.74) is 2.63. The fraction of sp³-hybridized carbons (Fsp3) is 0.562. The molecule has 2 fully saturated rings. The molecule has 2 atom stereocenters. The number of hydrogen-bond acceptors (Lipinski definition) is 6. The van der Waals surface area contributed by atoms with Crippen LogP contribution in [0.2, 0.25) is 0 Å². The van der Waals surface area contributed by atoms with E-state index in [2.05, 4.69) is 43.9 Å². The van der Waals surface area contributed by atoms with E-state index < -0.39 is 0 Å². The average molecular weight is 335 g/mol. The molecule has 118 valence electrons. The molecule has 0 amide bonds. The summed E-state index contributed by atoms with van der Waals surface area (Å²) in [7, 11) is 0. The maximum absolute atomic E-state index is 6.03. The van der Waals surface area contributed by atoms with E-state index in [-0.39, 0.29) is 0 Å². The molecule has 0 radical (unpaired) electrons. The van der Waals surface area contributed by atoms with Crippen LogP contribution in [-0.2, 0) is 17.8 Å². The molecule has 0 aromatic carbocycles. The Morgan fingerprint density at radius 2 is 2.27 bits per heavy atom. The number of nitrogens with zero attached hydrogens (tertiary/aromatic N) is 3. The molecular weight excluding hydrogens is 314 g/mol. The fourth-order valence-electron chi connectivity index (χ4n) is 3.49. The Hall–Kier alpha value is -0.790. The summed E-state index contributed by atoms with van der Waals surface area (Å²) in [5, 5.41) is 7.76. The first kappa shape index (κ1) is 14.8. The maximum Gasteiger partial charge on any atom is 0.0897 e. The maximum atomic E-state index is 6.03. The second-order valence-corrected chi connectivity index (χ2v) is 7.97. The van der Waals surface area contributed by atoms with Crippen molar-refractivity contribution < 1.29 is 4.74 Å². The minimum atomic E-state index is 0.354. The Labute approximate surface area is 139 Å². The van der Waals surface area contributed by atoms with Gasteiger partial charge in [-0.1, -0.05) is 0 Å². The third-order valence-electron chi connectivity index (χ3n) is 4.51. The van der Waals surface area contributed by atoms with Gasteiger partial charge >= 0.3 is 0 Å². The molecule has 2 aromatic heterocycles. The number of morpholine rings is 1. The fourth-order valence-corrected chi connectivity index (χ4v) is 4.75. The number of aromatic nitrogens is 1. The summed E-state index contributed by atoms with van der Waals surface area (Å²) < 4.78 is 6.03. The van der Waals surface area contributed by atoms with Crippen molar-refractivity contribution in [3.8, 4) is 0 Å². The third kappa shape index (κ3) is 3.12. The lowest BCUT2D eigenvalue weighted by molar-refractivity contribution is -0.0507. The Bertz CT molecular complexity index is 613. The number of thiophene rings is 1. The molecule has 22 heavy (non-hydrogen) atoms. The van der Waals surface area contributed by atoms with E-state index in [0.717, 1.165) is 44.3 Å². The highest BCUT2D eigenvalue weighted by Gasteiger charge is 2.40. The van der Waals surface area contributed by atoms with Crippen LogP contribution in [0.3, 0.4) is 0 Å². The number of aryl methyl sites for hydroxylation is 1. The van der Waals surface area contributed by atoms with Crippen LogP contribution >= 0.6 is 22.7 Å². The second-order valence-electron chi connectivity index (χ2n) is 6.13. The quantitative estimate of drug-likeness (QED) is 0.859. The zero-order chi connectivity index (χ0) is 14.9. The summed E-state index contributed by atoms with van der Waals surface area (Å²) in [6.45, 7) is 8.09. The van der Waals surface area contributed by atoms with Crippen molar-refractivity contribution in [1.29, 1.82) is 0 Å². The molecule has 2 saturated heterocycles. The van der Waals surface area contributed by atoms with Crippen molar-refractivity contribution in [3.05, 3.63) is 38.5 Å². The van der Waals surface area contributed by atoms with Gasteiger partial charge in [-0.3, -0.25) is 9.80 Å². The van der Waals surface area contributed by atoms with Gasteiger partial charge < -0.3 is 4.74 Å². The van der Waals surface area contributed by atoms with Crippen LogP contribution in [0.15, 0.2) is 22.2 Å². The molecular formula is C16H21N3OS2. The summed E-state index contributed by atoms with van der Waals surface area (Å²) in [4.78, 5) is 9.72. The van der Waals surface area contributed by atoms with Gasteiger partial charge in [0.25, 0.3) is 0 Å². The van der Waals surface area contributed by atoms with E-state index in [1.54, 1.807) is 22.7 Å². The molecule has 0 bridgehead atoms. The molecule has 4 nitrogen and oxygen atoms in total. The van der Waals surface area contributed by atoms with E-state index in [1.165, 1.54) is 11.3 Å². The van der Waals surface area contributed by atoms with E-state index in [0.29, 0.717) is 12.1 Å². The minimum Gasteiger partial charge on any atom is -0.374 e. The number of likely N-dealkylation sites (tertiary alicyclic amines) is 1. The van der Waals surface area contributed by atoms with E-state index in [1.807, 2.05) is 0 Å². The van der Waals surface area contributed by atoms with Gasteiger partial charge in [0.1, 0.15) is 0 Å². The van der Waals surface area contributed by atoms with Crippen LogP contribution in [-0.4, -0.2) is 53.2 Å². The summed E-state index contributed by atoms with van der Waals surface area (Å²) >= 11 is 3.52. The Morgan fingerprint density at radius 1 is 1.32 bits per heavy atom. The number of ether oxygens (including phenoxy) is 1. The van der Waals surface area contributed by atoms with Gasteiger partial charge in [0.2, 0.25) is 0 Å². The van der Waals surface area contributed by atoms with Crippen LogP contribution in [0, 0.1) is 6.92 Å². The highest BCUT2D eigenvalue weighted by atomic mass is 32.1. The third-order valence-corrected chi connectivity index (χ3v) is 6.06. The number of fused-ring (bicyclic) bond motifs is 1. The van der Waals surface area contributed by atoms with E-state index in [9.17, 15) is 0 Å². The standard InChI is InChI=1S/C16H21N3OS2/c1-12-17-14(11-22-12)7-19-3-4-20-16-9-18(8-15(16)19)6-13-2-5-21-10-13/h2,5,10-11,15-16H,3-4,6-9H2,1H3/t15-,16+/m1/s1. The van der Waals surface area contributed by atoms with Gasteiger partial charge in [-0.25, -0.2) is 4.98 Å².